The minimum absolute atomic E-state index is 0.00801. The van der Waals surface area contributed by atoms with Gasteiger partial charge in [-0.1, -0.05) is 11.3 Å². The van der Waals surface area contributed by atoms with Gasteiger partial charge in [0.05, 0.1) is 21.7 Å². The first-order valence-electron chi connectivity index (χ1n) is 7.79. The largest absolute Gasteiger partial charge is 0.369 e. The van der Waals surface area contributed by atoms with E-state index in [9.17, 15) is 19.7 Å². The van der Waals surface area contributed by atoms with E-state index in [0.29, 0.717) is 41.3 Å². The molecule has 3 rings (SSSR count). The van der Waals surface area contributed by atoms with Gasteiger partial charge in [0.15, 0.2) is 5.13 Å². The van der Waals surface area contributed by atoms with Crippen molar-refractivity contribution in [2.45, 2.75) is 12.8 Å². The van der Waals surface area contributed by atoms with Crippen LogP contribution in [0.4, 0.5) is 10.8 Å². The van der Waals surface area contributed by atoms with Crippen LogP contribution in [0.1, 0.15) is 12.8 Å². The summed E-state index contributed by atoms with van der Waals surface area (Å²) in [5.74, 6) is -0.599. The van der Waals surface area contributed by atoms with Gasteiger partial charge in [-0.15, -0.1) is 0 Å². The number of rotatable bonds is 5. The van der Waals surface area contributed by atoms with E-state index >= 15 is 0 Å². The fraction of sp³-hybridized carbons (Fsp3) is 0.400. The topological polar surface area (TPSA) is 131 Å². The molecule has 1 aromatic heterocycles. The number of hydrogen-bond donors (Lipinski definition) is 2. The highest BCUT2D eigenvalue weighted by Gasteiger charge is 2.24. The number of non-ortho nitro benzene ring substituents is 1. The number of piperidine rings is 1. The van der Waals surface area contributed by atoms with E-state index in [1.54, 1.807) is 6.07 Å². The molecule has 1 aliphatic heterocycles. The summed E-state index contributed by atoms with van der Waals surface area (Å²) in [5, 5.41) is 13.9. The number of thiazole rings is 1. The number of nitrogens with one attached hydrogen (secondary N) is 1. The monoisotopic (exact) mass is 363 g/mol. The number of amides is 2. The zero-order chi connectivity index (χ0) is 18.0. The van der Waals surface area contributed by atoms with Gasteiger partial charge in [0, 0.05) is 18.1 Å². The van der Waals surface area contributed by atoms with Gasteiger partial charge in [-0.05, 0) is 32.0 Å². The Bertz CT molecular complexity index is 828. The third kappa shape index (κ3) is 4.09. The second kappa shape index (κ2) is 7.11. The maximum atomic E-state index is 12.2. The third-order valence-electron chi connectivity index (χ3n) is 4.19. The van der Waals surface area contributed by atoms with Crippen LogP contribution in [0.25, 0.3) is 10.2 Å². The molecule has 10 heteroatoms. The van der Waals surface area contributed by atoms with E-state index in [0.717, 1.165) is 0 Å². The molecule has 0 radical (unpaired) electrons. The Morgan fingerprint density at radius 3 is 2.76 bits per heavy atom. The third-order valence-corrected chi connectivity index (χ3v) is 5.12. The molecule has 2 aromatic rings. The van der Waals surface area contributed by atoms with E-state index in [-0.39, 0.29) is 30.0 Å². The molecule has 0 spiro atoms. The summed E-state index contributed by atoms with van der Waals surface area (Å²) < 4.78 is 0.645. The second-order valence-corrected chi connectivity index (χ2v) is 6.96. The van der Waals surface area contributed by atoms with Gasteiger partial charge in [-0.25, -0.2) is 4.98 Å². The smallest absolute Gasteiger partial charge is 0.270 e. The highest BCUT2D eigenvalue weighted by Crippen LogP contribution is 2.29. The summed E-state index contributed by atoms with van der Waals surface area (Å²) in [6.07, 6.45) is 1.32. The Kier molecular flexibility index (Phi) is 4.91. The lowest BCUT2D eigenvalue weighted by Gasteiger charge is -2.29. The number of aromatic nitrogens is 1. The number of nitro groups is 1. The van der Waals surface area contributed by atoms with Gasteiger partial charge in [0.2, 0.25) is 11.8 Å². The van der Waals surface area contributed by atoms with Crippen LogP contribution >= 0.6 is 11.3 Å². The van der Waals surface area contributed by atoms with Crippen LogP contribution < -0.4 is 11.1 Å². The second-order valence-electron chi connectivity index (χ2n) is 5.93. The molecule has 2 amide bonds. The van der Waals surface area contributed by atoms with Gasteiger partial charge in [-0.2, -0.15) is 0 Å². The fourth-order valence-corrected chi connectivity index (χ4v) is 3.73. The van der Waals surface area contributed by atoms with E-state index in [4.69, 9.17) is 5.73 Å². The van der Waals surface area contributed by atoms with E-state index in [2.05, 4.69) is 10.3 Å². The van der Waals surface area contributed by atoms with Gasteiger partial charge in [0.1, 0.15) is 0 Å². The standard InChI is InChI=1S/C15H17N5O4S/c16-14(22)9-3-5-19(6-4-9)8-13(21)18-15-17-11-2-1-10(20(23)24)7-12(11)25-15/h1-2,7,9H,3-6,8H2,(H2,16,22)(H,17,18,21). The lowest BCUT2D eigenvalue weighted by molar-refractivity contribution is -0.384. The maximum Gasteiger partial charge on any atom is 0.270 e. The molecule has 2 heterocycles. The number of nitrogens with zero attached hydrogens (tertiary/aromatic N) is 3. The van der Waals surface area contributed by atoms with Crippen LogP contribution in [0.5, 0.6) is 0 Å². The Morgan fingerprint density at radius 1 is 1.40 bits per heavy atom. The summed E-state index contributed by atoms with van der Waals surface area (Å²) in [7, 11) is 0. The zero-order valence-corrected chi connectivity index (χ0v) is 14.1. The minimum Gasteiger partial charge on any atom is -0.369 e. The lowest BCUT2D eigenvalue weighted by atomic mass is 9.96. The van der Waals surface area contributed by atoms with Crippen molar-refractivity contribution in [3.63, 3.8) is 0 Å². The van der Waals surface area contributed by atoms with Gasteiger partial charge < -0.3 is 11.1 Å². The number of fused-ring (bicyclic) bond motifs is 1. The number of anilines is 1. The molecule has 9 nitrogen and oxygen atoms in total. The molecule has 25 heavy (non-hydrogen) atoms. The summed E-state index contributed by atoms with van der Waals surface area (Å²) in [5.41, 5.74) is 5.89. The molecule has 1 saturated heterocycles. The van der Waals surface area contributed by atoms with Crippen LogP contribution in [-0.2, 0) is 9.59 Å². The van der Waals surface area contributed by atoms with E-state index < -0.39 is 4.92 Å². The Labute approximate surface area is 147 Å². The zero-order valence-electron chi connectivity index (χ0n) is 13.3. The Morgan fingerprint density at radius 2 is 2.12 bits per heavy atom. The van der Waals surface area contributed by atoms with Crippen molar-refractivity contribution < 1.29 is 14.5 Å². The highest BCUT2D eigenvalue weighted by molar-refractivity contribution is 7.22. The van der Waals surface area contributed by atoms with Crippen LogP contribution in [0.15, 0.2) is 18.2 Å². The van der Waals surface area contributed by atoms with Gasteiger partial charge in [0.25, 0.3) is 5.69 Å². The molecular weight excluding hydrogens is 346 g/mol. The number of nitrogens with two attached hydrogens (primary N) is 1. The SMILES string of the molecule is NC(=O)C1CCN(CC(=O)Nc2nc3ccc([N+](=O)[O-])cc3s2)CC1. The average molecular weight is 363 g/mol. The molecule has 0 unspecified atom stereocenters. The molecule has 0 aliphatic carbocycles. The Balaban J connectivity index is 1.59. The van der Waals surface area contributed by atoms with Gasteiger partial charge in [-0.3, -0.25) is 24.6 Å². The van der Waals surface area contributed by atoms with Crippen molar-refractivity contribution in [2.75, 3.05) is 25.0 Å². The molecule has 132 valence electrons. The van der Waals surface area contributed by atoms with E-state index in [1.807, 2.05) is 4.90 Å². The number of likely N-dealkylation sites (tertiary alicyclic amines) is 1. The number of nitro benzene ring substituents is 1. The number of carbonyl (C=O) groups excluding carboxylic acids is 2. The van der Waals surface area contributed by atoms with Crippen LogP contribution in [0.3, 0.4) is 0 Å². The van der Waals surface area contributed by atoms with Crippen molar-refractivity contribution in [3.05, 3.63) is 28.3 Å². The summed E-state index contributed by atoms with van der Waals surface area (Å²) in [6.45, 7) is 1.50. The molecular formula is C15H17N5O4S. The van der Waals surface area contributed by atoms with E-state index in [1.165, 1.54) is 23.5 Å². The van der Waals surface area contributed by atoms with Crippen molar-refractivity contribution in [2.24, 2.45) is 11.7 Å². The van der Waals surface area contributed by atoms with Crippen molar-refractivity contribution in [1.82, 2.24) is 9.88 Å². The Hall–Kier alpha value is -2.59. The predicted molar refractivity (Wildman–Crippen MR) is 93.3 cm³/mol. The number of hydrogen-bond acceptors (Lipinski definition) is 7. The average Bonchev–Trinajstić information content (AvgIpc) is 2.96. The van der Waals surface area contributed by atoms with Crippen molar-refractivity contribution in [1.29, 1.82) is 0 Å². The van der Waals surface area contributed by atoms with Gasteiger partial charge >= 0.3 is 0 Å². The van der Waals surface area contributed by atoms with Crippen LogP contribution in [0.2, 0.25) is 0 Å². The molecule has 1 fully saturated rings. The normalized spacial score (nSPS) is 16.0. The van der Waals surface area contributed by atoms with Crippen LogP contribution in [0, 0.1) is 16.0 Å². The van der Waals surface area contributed by atoms with Crippen LogP contribution in [-0.4, -0.2) is 46.3 Å². The molecule has 0 atom stereocenters. The predicted octanol–water partition coefficient (Wildman–Crippen LogP) is 1.34. The molecule has 3 N–H and O–H groups in total. The number of benzene rings is 1. The summed E-state index contributed by atoms with van der Waals surface area (Å²) in [4.78, 5) is 39.9. The molecule has 0 bridgehead atoms. The first-order valence-corrected chi connectivity index (χ1v) is 8.60. The number of carbonyl (C=O) groups is 2. The van der Waals surface area contributed by atoms with Crippen molar-refractivity contribution >= 4 is 44.2 Å². The first kappa shape index (κ1) is 17.2. The molecule has 1 aliphatic rings. The first-order chi connectivity index (χ1) is 11.9. The summed E-state index contributed by atoms with van der Waals surface area (Å²) >= 11 is 1.20. The molecule has 0 saturated carbocycles. The molecule has 1 aromatic carbocycles. The quantitative estimate of drug-likeness (QED) is 0.609. The fourth-order valence-electron chi connectivity index (χ4n) is 2.82. The highest BCUT2D eigenvalue weighted by atomic mass is 32.1. The van der Waals surface area contributed by atoms with Crippen molar-refractivity contribution in [3.8, 4) is 0 Å². The lowest BCUT2D eigenvalue weighted by Crippen LogP contribution is -2.42. The summed E-state index contributed by atoms with van der Waals surface area (Å²) in [6, 6.07) is 4.39. The maximum absolute atomic E-state index is 12.2. The number of primary amides is 1. The minimum atomic E-state index is -0.465.